The second-order valence-corrected chi connectivity index (χ2v) is 7.73. The molecule has 0 bridgehead atoms. The number of nitrogens with zero attached hydrogens (tertiary/aromatic N) is 3. The number of carbonyl (C=O) groups is 1. The molecular formula is C25H29N3O3. The molecule has 0 atom stereocenters. The highest BCUT2D eigenvalue weighted by Gasteiger charge is 2.22. The van der Waals surface area contributed by atoms with Crippen molar-refractivity contribution in [3.05, 3.63) is 66.6 Å². The Labute approximate surface area is 183 Å². The van der Waals surface area contributed by atoms with E-state index in [1.807, 2.05) is 65.6 Å². The zero-order valence-corrected chi connectivity index (χ0v) is 18.0. The van der Waals surface area contributed by atoms with Crippen LogP contribution in [-0.4, -0.2) is 67.1 Å². The monoisotopic (exact) mass is 419 g/mol. The van der Waals surface area contributed by atoms with Crippen LogP contribution in [0.1, 0.15) is 12.3 Å². The van der Waals surface area contributed by atoms with Gasteiger partial charge in [-0.15, -0.1) is 0 Å². The molecule has 31 heavy (non-hydrogen) atoms. The summed E-state index contributed by atoms with van der Waals surface area (Å²) in [4.78, 5) is 21.8. The Morgan fingerprint density at radius 1 is 0.968 bits per heavy atom. The highest BCUT2D eigenvalue weighted by molar-refractivity contribution is 5.78. The minimum Gasteiger partial charge on any atom is -0.440 e. The highest BCUT2D eigenvalue weighted by Crippen LogP contribution is 2.32. The number of benzene rings is 2. The van der Waals surface area contributed by atoms with Gasteiger partial charge in [0.05, 0.1) is 6.61 Å². The molecule has 6 nitrogen and oxygen atoms in total. The van der Waals surface area contributed by atoms with E-state index < -0.39 is 0 Å². The van der Waals surface area contributed by atoms with Gasteiger partial charge in [0.1, 0.15) is 5.69 Å². The van der Waals surface area contributed by atoms with Crippen LogP contribution in [0, 0.1) is 0 Å². The zero-order valence-electron chi connectivity index (χ0n) is 18.0. The predicted molar refractivity (Wildman–Crippen MR) is 121 cm³/mol. The maximum atomic E-state index is 12.7. The standard InChI is InChI=1S/C25H29N3O3/c1-30-19-18-27-14-16-28(17-15-27)23(29)13-12-22-26-24(20-8-4-2-5-9-20)25(31-22)21-10-6-3-7-11-21/h2-11H,12-19H2,1H3. The molecule has 162 valence electrons. The maximum absolute atomic E-state index is 12.7. The number of hydrogen-bond donors (Lipinski definition) is 0. The van der Waals surface area contributed by atoms with Crippen LogP contribution < -0.4 is 0 Å². The van der Waals surface area contributed by atoms with Crippen molar-refractivity contribution in [1.29, 1.82) is 0 Å². The number of piperazine rings is 1. The van der Waals surface area contributed by atoms with Crippen molar-refractivity contribution in [2.75, 3.05) is 46.4 Å². The molecule has 1 amide bonds. The van der Waals surface area contributed by atoms with E-state index in [1.54, 1.807) is 7.11 Å². The van der Waals surface area contributed by atoms with Crippen LogP contribution >= 0.6 is 0 Å². The van der Waals surface area contributed by atoms with Crippen molar-refractivity contribution in [1.82, 2.24) is 14.8 Å². The fraction of sp³-hybridized carbons (Fsp3) is 0.360. The number of carbonyl (C=O) groups excluding carboxylic acids is 1. The molecule has 2 aromatic carbocycles. The van der Waals surface area contributed by atoms with E-state index in [-0.39, 0.29) is 5.91 Å². The average molecular weight is 420 g/mol. The Balaban J connectivity index is 1.42. The molecule has 6 heteroatoms. The van der Waals surface area contributed by atoms with E-state index in [0.29, 0.717) is 18.7 Å². The van der Waals surface area contributed by atoms with E-state index in [1.165, 1.54) is 0 Å². The first-order chi connectivity index (χ1) is 15.2. The van der Waals surface area contributed by atoms with Crippen LogP contribution in [0.3, 0.4) is 0 Å². The molecule has 3 aromatic rings. The molecule has 0 radical (unpaired) electrons. The summed E-state index contributed by atoms with van der Waals surface area (Å²) in [7, 11) is 1.72. The van der Waals surface area contributed by atoms with Crippen LogP contribution in [0.4, 0.5) is 0 Å². The molecular weight excluding hydrogens is 390 g/mol. The first kappa shape index (κ1) is 21.3. The molecule has 0 spiro atoms. The van der Waals surface area contributed by atoms with Crippen molar-refractivity contribution >= 4 is 5.91 Å². The summed E-state index contributed by atoms with van der Waals surface area (Å²) in [5.41, 5.74) is 2.81. The lowest BCUT2D eigenvalue weighted by Crippen LogP contribution is -2.49. The van der Waals surface area contributed by atoms with Crippen LogP contribution in [0.15, 0.2) is 65.1 Å². The third kappa shape index (κ3) is 5.40. The quantitative estimate of drug-likeness (QED) is 0.557. The van der Waals surface area contributed by atoms with Gasteiger partial charge in [-0.05, 0) is 0 Å². The topological polar surface area (TPSA) is 58.8 Å². The summed E-state index contributed by atoms with van der Waals surface area (Å²) >= 11 is 0. The Morgan fingerprint density at radius 3 is 2.26 bits per heavy atom. The van der Waals surface area contributed by atoms with Crippen LogP contribution in [-0.2, 0) is 16.0 Å². The molecule has 1 aliphatic heterocycles. The number of aryl methyl sites for hydroxylation is 1. The van der Waals surface area contributed by atoms with E-state index in [0.717, 1.165) is 61.9 Å². The van der Waals surface area contributed by atoms with E-state index in [2.05, 4.69) is 4.90 Å². The highest BCUT2D eigenvalue weighted by atomic mass is 16.5. The van der Waals surface area contributed by atoms with Crippen molar-refractivity contribution in [2.45, 2.75) is 12.8 Å². The van der Waals surface area contributed by atoms with Gasteiger partial charge in [-0.2, -0.15) is 0 Å². The first-order valence-corrected chi connectivity index (χ1v) is 10.8. The fourth-order valence-electron chi connectivity index (χ4n) is 3.86. The lowest BCUT2D eigenvalue weighted by molar-refractivity contribution is -0.133. The van der Waals surface area contributed by atoms with Gasteiger partial charge in [-0.25, -0.2) is 4.98 Å². The van der Waals surface area contributed by atoms with Gasteiger partial charge in [0.25, 0.3) is 0 Å². The molecule has 0 aliphatic carbocycles. The molecule has 0 unspecified atom stereocenters. The average Bonchev–Trinajstić information content (AvgIpc) is 3.27. The van der Waals surface area contributed by atoms with Gasteiger partial charge in [0.15, 0.2) is 11.7 Å². The third-order valence-electron chi connectivity index (χ3n) is 5.64. The van der Waals surface area contributed by atoms with Crippen molar-refractivity contribution in [3.8, 4) is 22.6 Å². The number of ether oxygens (including phenoxy) is 1. The Kier molecular flexibility index (Phi) is 7.12. The Morgan fingerprint density at radius 2 is 1.61 bits per heavy atom. The van der Waals surface area contributed by atoms with E-state index in [4.69, 9.17) is 14.1 Å². The van der Waals surface area contributed by atoms with Crippen molar-refractivity contribution in [3.63, 3.8) is 0 Å². The number of amides is 1. The second-order valence-electron chi connectivity index (χ2n) is 7.73. The summed E-state index contributed by atoms with van der Waals surface area (Å²) in [6.07, 6.45) is 0.899. The van der Waals surface area contributed by atoms with Crippen molar-refractivity contribution < 1.29 is 13.9 Å². The summed E-state index contributed by atoms with van der Waals surface area (Å²) in [5.74, 6) is 1.51. The van der Waals surface area contributed by atoms with Crippen LogP contribution in [0.25, 0.3) is 22.6 Å². The van der Waals surface area contributed by atoms with Crippen LogP contribution in [0.5, 0.6) is 0 Å². The lowest BCUT2D eigenvalue weighted by atomic mass is 10.1. The van der Waals surface area contributed by atoms with Crippen LogP contribution in [0.2, 0.25) is 0 Å². The lowest BCUT2D eigenvalue weighted by Gasteiger charge is -2.34. The zero-order chi connectivity index (χ0) is 21.5. The SMILES string of the molecule is COCCN1CCN(C(=O)CCc2nc(-c3ccccc3)c(-c3ccccc3)o2)CC1. The normalized spacial score (nSPS) is 14.7. The smallest absolute Gasteiger partial charge is 0.223 e. The van der Waals surface area contributed by atoms with Gasteiger partial charge < -0.3 is 14.1 Å². The second kappa shape index (κ2) is 10.4. The summed E-state index contributed by atoms with van der Waals surface area (Å²) in [6.45, 7) is 4.96. The minimum atomic E-state index is 0.159. The predicted octanol–water partition coefficient (Wildman–Crippen LogP) is 3.73. The maximum Gasteiger partial charge on any atom is 0.223 e. The van der Waals surface area contributed by atoms with Gasteiger partial charge in [0.2, 0.25) is 5.91 Å². The van der Waals surface area contributed by atoms with Crippen molar-refractivity contribution in [2.24, 2.45) is 0 Å². The first-order valence-electron chi connectivity index (χ1n) is 10.8. The number of methoxy groups -OCH3 is 1. The Bertz CT molecular complexity index is 907. The summed E-state index contributed by atoms with van der Waals surface area (Å²) in [5, 5.41) is 0. The van der Waals surface area contributed by atoms with E-state index >= 15 is 0 Å². The number of oxazole rings is 1. The minimum absolute atomic E-state index is 0.159. The molecule has 0 N–H and O–H groups in total. The molecule has 0 saturated carbocycles. The third-order valence-corrected chi connectivity index (χ3v) is 5.64. The van der Waals surface area contributed by atoms with E-state index in [9.17, 15) is 4.79 Å². The fourth-order valence-corrected chi connectivity index (χ4v) is 3.86. The number of rotatable bonds is 8. The molecule has 1 aliphatic rings. The number of hydrogen-bond acceptors (Lipinski definition) is 5. The Hall–Kier alpha value is -2.96. The summed E-state index contributed by atoms with van der Waals surface area (Å²) in [6, 6.07) is 20.0. The molecule has 1 fully saturated rings. The molecule has 2 heterocycles. The van der Waals surface area contributed by atoms with Gasteiger partial charge in [0, 0.05) is 63.8 Å². The largest absolute Gasteiger partial charge is 0.440 e. The summed E-state index contributed by atoms with van der Waals surface area (Å²) < 4.78 is 11.3. The van der Waals surface area contributed by atoms with Gasteiger partial charge >= 0.3 is 0 Å². The van der Waals surface area contributed by atoms with Gasteiger partial charge in [-0.1, -0.05) is 60.7 Å². The molecule has 1 aromatic heterocycles. The number of aromatic nitrogens is 1. The molecule has 1 saturated heterocycles. The van der Waals surface area contributed by atoms with Gasteiger partial charge in [-0.3, -0.25) is 9.69 Å². The molecule has 4 rings (SSSR count).